The molecule has 0 saturated heterocycles. The first-order valence-corrected chi connectivity index (χ1v) is 4.92. The highest BCUT2D eigenvalue weighted by Gasteiger charge is 2.19. The van der Waals surface area contributed by atoms with Crippen molar-refractivity contribution in [3.8, 4) is 0 Å². The van der Waals surface area contributed by atoms with E-state index < -0.39 is 0 Å². The van der Waals surface area contributed by atoms with Gasteiger partial charge in [-0.05, 0) is 18.9 Å². The van der Waals surface area contributed by atoms with Crippen LogP contribution in [0.4, 0.5) is 0 Å². The van der Waals surface area contributed by atoms with E-state index in [4.69, 9.17) is 4.74 Å². The van der Waals surface area contributed by atoms with Gasteiger partial charge in [0.1, 0.15) is 5.76 Å². The molecule has 0 fully saturated rings. The van der Waals surface area contributed by atoms with Gasteiger partial charge in [0.25, 0.3) is 0 Å². The molecule has 66 valence electrons. The smallest absolute Gasteiger partial charge is 0.339 e. The summed E-state index contributed by atoms with van der Waals surface area (Å²) in [7, 11) is 0. The lowest BCUT2D eigenvalue weighted by Gasteiger charge is -1.95. The Labute approximate surface area is 80.4 Å². The van der Waals surface area contributed by atoms with E-state index in [0.29, 0.717) is 5.76 Å². The Balaban J connectivity index is 2.58. The molecule has 0 atom stereocenters. The summed E-state index contributed by atoms with van der Waals surface area (Å²) >= 11 is 3.12. The first-order chi connectivity index (χ1) is 5.77. The van der Waals surface area contributed by atoms with E-state index in [9.17, 15) is 4.79 Å². The van der Waals surface area contributed by atoms with Crippen LogP contribution >= 0.6 is 15.9 Å². The van der Waals surface area contributed by atoms with Gasteiger partial charge in [0, 0.05) is 10.6 Å². The fourth-order valence-electron chi connectivity index (χ4n) is 1.03. The molecule has 0 aromatic carbocycles. The Hall–Kier alpha value is -0.570. The maximum absolute atomic E-state index is 11.1. The van der Waals surface area contributed by atoms with E-state index >= 15 is 0 Å². The van der Waals surface area contributed by atoms with Crippen molar-refractivity contribution in [1.29, 1.82) is 0 Å². The van der Waals surface area contributed by atoms with Gasteiger partial charge in [0.15, 0.2) is 0 Å². The zero-order chi connectivity index (χ0) is 8.97. The Morgan fingerprint density at radius 2 is 2.42 bits per heavy atom. The largest absolute Gasteiger partial charge is 0.423 e. The number of carbonyl (C=O) groups excluding carboxylic acids is 1. The number of hydrogen-bond acceptors (Lipinski definition) is 2. The van der Waals surface area contributed by atoms with Gasteiger partial charge in [-0.1, -0.05) is 29.3 Å². The third-order valence-corrected chi connectivity index (χ3v) is 2.15. The lowest BCUT2D eigenvalue weighted by molar-refractivity contribution is -0.133. The summed E-state index contributed by atoms with van der Waals surface area (Å²) < 4.78 is 4.90. The fourth-order valence-corrected chi connectivity index (χ4v) is 1.25. The second-order valence-electron chi connectivity index (χ2n) is 2.67. The molecule has 0 N–H and O–H groups in total. The number of halogens is 1. The standard InChI is InChI=1S/C9H11BrO2/c1-2-3-4-7-5-8(6-10)12-9(7)11/h5-6H,2-4H2,1H3. The van der Waals surface area contributed by atoms with Gasteiger partial charge >= 0.3 is 5.97 Å². The van der Waals surface area contributed by atoms with Crippen LogP contribution in [0.3, 0.4) is 0 Å². The molecule has 0 aliphatic carbocycles. The number of carbonyl (C=O) groups is 1. The van der Waals surface area contributed by atoms with Crippen molar-refractivity contribution < 1.29 is 9.53 Å². The zero-order valence-electron chi connectivity index (χ0n) is 6.97. The van der Waals surface area contributed by atoms with Crippen LogP contribution in [0.1, 0.15) is 26.2 Å². The summed E-state index contributed by atoms with van der Waals surface area (Å²) in [4.78, 5) is 12.7. The molecule has 1 aliphatic rings. The van der Waals surface area contributed by atoms with Crippen molar-refractivity contribution in [3.63, 3.8) is 0 Å². The van der Waals surface area contributed by atoms with E-state index in [0.717, 1.165) is 24.8 Å². The number of unbranched alkanes of at least 4 members (excludes halogenated alkanes) is 1. The van der Waals surface area contributed by atoms with E-state index in [1.807, 2.05) is 0 Å². The van der Waals surface area contributed by atoms with E-state index in [1.165, 1.54) is 0 Å². The second-order valence-corrected chi connectivity index (χ2v) is 3.13. The molecule has 0 unspecified atom stereocenters. The molecular formula is C9H11BrO2. The molecule has 3 heteroatoms. The minimum Gasteiger partial charge on any atom is -0.423 e. The van der Waals surface area contributed by atoms with E-state index in [-0.39, 0.29) is 5.97 Å². The monoisotopic (exact) mass is 230 g/mol. The number of esters is 1. The summed E-state index contributed by atoms with van der Waals surface area (Å²) in [6, 6.07) is 0. The summed E-state index contributed by atoms with van der Waals surface area (Å²) in [6.07, 6.45) is 4.74. The average Bonchev–Trinajstić information content (AvgIpc) is 2.43. The molecule has 1 aliphatic heterocycles. The van der Waals surface area contributed by atoms with Crippen molar-refractivity contribution >= 4 is 21.9 Å². The quantitative estimate of drug-likeness (QED) is 0.698. The second kappa shape index (κ2) is 4.45. The maximum atomic E-state index is 11.1. The molecule has 0 saturated carbocycles. The van der Waals surface area contributed by atoms with Gasteiger partial charge in [-0.15, -0.1) is 0 Å². The summed E-state index contributed by atoms with van der Waals surface area (Å²) in [5, 5.41) is 0. The van der Waals surface area contributed by atoms with Crippen LogP contribution in [0.2, 0.25) is 0 Å². The lowest BCUT2D eigenvalue weighted by Crippen LogP contribution is -1.98. The highest BCUT2D eigenvalue weighted by molar-refractivity contribution is 9.11. The molecule has 12 heavy (non-hydrogen) atoms. The molecule has 0 aromatic rings. The molecule has 0 amide bonds. The summed E-state index contributed by atoms with van der Waals surface area (Å²) in [5.41, 5.74) is 0.780. The molecular weight excluding hydrogens is 220 g/mol. The number of hydrogen-bond donors (Lipinski definition) is 0. The van der Waals surface area contributed by atoms with Crippen LogP contribution in [0.25, 0.3) is 0 Å². The van der Waals surface area contributed by atoms with Crippen molar-refractivity contribution in [2.75, 3.05) is 0 Å². The molecule has 0 radical (unpaired) electrons. The van der Waals surface area contributed by atoms with E-state index in [2.05, 4.69) is 22.9 Å². The average molecular weight is 231 g/mol. The van der Waals surface area contributed by atoms with Crippen LogP contribution in [0.15, 0.2) is 22.4 Å². The minimum absolute atomic E-state index is 0.200. The first kappa shape index (κ1) is 9.52. The van der Waals surface area contributed by atoms with Gasteiger partial charge < -0.3 is 4.74 Å². The van der Waals surface area contributed by atoms with Gasteiger partial charge in [-0.3, -0.25) is 0 Å². The SMILES string of the molecule is CCCCC1=CC(=CBr)OC1=O. The Morgan fingerprint density at radius 3 is 2.92 bits per heavy atom. The van der Waals surface area contributed by atoms with Crippen LogP contribution < -0.4 is 0 Å². The fraction of sp³-hybridized carbons (Fsp3) is 0.444. The molecule has 0 aromatic heterocycles. The lowest BCUT2D eigenvalue weighted by atomic mass is 10.1. The zero-order valence-corrected chi connectivity index (χ0v) is 8.56. The van der Waals surface area contributed by atoms with E-state index in [1.54, 1.807) is 11.1 Å². The van der Waals surface area contributed by atoms with Gasteiger partial charge in [-0.2, -0.15) is 0 Å². The predicted molar refractivity (Wildman–Crippen MR) is 50.7 cm³/mol. The summed E-state index contributed by atoms with van der Waals surface area (Å²) in [6.45, 7) is 2.10. The number of cyclic esters (lactones) is 1. The van der Waals surface area contributed by atoms with Gasteiger partial charge in [-0.25, -0.2) is 4.79 Å². The van der Waals surface area contributed by atoms with Crippen molar-refractivity contribution in [1.82, 2.24) is 0 Å². The highest BCUT2D eigenvalue weighted by Crippen LogP contribution is 2.21. The highest BCUT2D eigenvalue weighted by atomic mass is 79.9. The van der Waals surface area contributed by atoms with Crippen molar-refractivity contribution in [2.24, 2.45) is 0 Å². The Kier molecular flexibility index (Phi) is 3.53. The molecule has 0 bridgehead atoms. The molecule has 1 heterocycles. The molecule has 2 nitrogen and oxygen atoms in total. The minimum atomic E-state index is -0.200. The Bertz CT molecular complexity index is 241. The molecule has 0 spiro atoms. The topological polar surface area (TPSA) is 26.3 Å². The van der Waals surface area contributed by atoms with Gasteiger partial charge in [0.05, 0.1) is 0 Å². The van der Waals surface area contributed by atoms with Crippen LogP contribution in [0.5, 0.6) is 0 Å². The third-order valence-electron chi connectivity index (χ3n) is 1.70. The molecule has 1 rings (SSSR count). The maximum Gasteiger partial charge on any atom is 0.339 e. The predicted octanol–water partition coefficient (Wildman–Crippen LogP) is 2.90. The number of allylic oxidation sites excluding steroid dienone is 1. The van der Waals surface area contributed by atoms with Crippen LogP contribution in [-0.2, 0) is 9.53 Å². The van der Waals surface area contributed by atoms with Gasteiger partial charge in [0.2, 0.25) is 0 Å². The normalized spacial score (nSPS) is 19.7. The van der Waals surface area contributed by atoms with Crippen molar-refractivity contribution in [3.05, 3.63) is 22.4 Å². The summed E-state index contributed by atoms with van der Waals surface area (Å²) in [5.74, 6) is 0.403. The first-order valence-electron chi connectivity index (χ1n) is 4.01. The van der Waals surface area contributed by atoms with Crippen LogP contribution in [-0.4, -0.2) is 5.97 Å². The Morgan fingerprint density at radius 1 is 1.67 bits per heavy atom. The number of rotatable bonds is 3. The third kappa shape index (κ3) is 2.21. The van der Waals surface area contributed by atoms with Crippen LogP contribution in [0, 0.1) is 0 Å². The number of ether oxygens (including phenoxy) is 1. The van der Waals surface area contributed by atoms with Crippen molar-refractivity contribution in [2.45, 2.75) is 26.2 Å².